The van der Waals surface area contributed by atoms with Gasteiger partial charge in [0.2, 0.25) is 5.95 Å². The third-order valence-electron chi connectivity index (χ3n) is 7.95. The van der Waals surface area contributed by atoms with E-state index in [1.165, 1.54) is 22.9 Å². The summed E-state index contributed by atoms with van der Waals surface area (Å²) in [4.78, 5) is 24.5. The molecule has 0 atom stereocenters. The summed E-state index contributed by atoms with van der Waals surface area (Å²) in [5, 5.41) is 3.75. The lowest BCUT2D eigenvalue weighted by molar-refractivity contribution is 0.0357. The highest BCUT2D eigenvalue weighted by molar-refractivity contribution is 5.92. The average molecular weight is 642 g/mol. The Balaban J connectivity index is 1.17. The number of morpholine rings is 1. The van der Waals surface area contributed by atoms with Crippen LogP contribution in [-0.2, 0) is 11.8 Å². The fourth-order valence-electron chi connectivity index (χ4n) is 5.38. The fourth-order valence-corrected chi connectivity index (χ4v) is 5.38. The van der Waals surface area contributed by atoms with E-state index >= 15 is 4.39 Å². The van der Waals surface area contributed by atoms with E-state index in [0.717, 1.165) is 45.0 Å². The van der Waals surface area contributed by atoms with Crippen molar-refractivity contribution in [3.05, 3.63) is 89.2 Å². The number of ether oxygens (including phenoxy) is 5. The topological polar surface area (TPSA) is 109 Å². The van der Waals surface area contributed by atoms with E-state index in [0.29, 0.717) is 52.0 Å². The van der Waals surface area contributed by atoms with Crippen LogP contribution >= 0.6 is 0 Å². The van der Waals surface area contributed by atoms with Crippen molar-refractivity contribution in [2.24, 2.45) is 7.05 Å². The van der Waals surface area contributed by atoms with Crippen molar-refractivity contribution >= 4 is 22.5 Å². The van der Waals surface area contributed by atoms with Crippen molar-refractivity contribution in [2.75, 3.05) is 59.0 Å². The molecule has 1 aliphatic rings. The number of anilines is 2. The lowest BCUT2D eigenvalue weighted by atomic mass is 10.1. The van der Waals surface area contributed by atoms with Crippen LogP contribution in [0.15, 0.2) is 77.9 Å². The molecule has 47 heavy (non-hydrogen) atoms. The molecule has 244 valence electrons. The number of hydrogen-bond acceptors (Lipinski definition) is 10. The summed E-state index contributed by atoms with van der Waals surface area (Å²) in [6.45, 7) is 4.84. The van der Waals surface area contributed by atoms with E-state index in [2.05, 4.69) is 20.2 Å². The molecule has 0 bridgehead atoms. The minimum absolute atomic E-state index is 0.00812. The number of benzene rings is 3. The predicted molar refractivity (Wildman–Crippen MR) is 177 cm³/mol. The van der Waals surface area contributed by atoms with Gasteiger partial charge in [-0.3, -0.25) is 19.2 Å². The zero-order valence-electron chi connectivity index (χ0n) is 26.5. The molecule has 11 nitrogen and oxygen atoms in total. The molecule has 5 aromatic rings. The summed E-state index contributed by atoms with van der Waals surface area (Å²) >= 11 is 0. The Labute approximate surface area is 271 Å². The molecule has 0 amide bonds. The Morgan fingerprint density at radius 2 is 1.72 bits per heavy atom. The van der Waals surface area contributed by atoms with Gasteiger partial charge in [-0.1, -0.05) is 6.07 Å². The molecule has 1 aliphatic heterocycles. The molecule has 1 saturated heterocycles. The largest absolute Gasteiger partial charge is 0.497 e. The molecule has 0 unspecified atom stereocenters. The molecule has 6 rings (SSSR count). The van der Waals surface area contributed by atoms with Crippen LogP contribution in [0.2, 0.25) is 0 Å². The molecule has 3 heterocycles. The Kier molecular flexibility index (Phi) is 9.79. The molecule has 0 aliphatic carbocycles. The predicted octanol–water partition coefficient (Wildman–Crippen LogP) is 5.79. The highest BCUT2D eigenvalue weighted by Gasteiger charge is 2.18. The number of rotatable bonds is 12. The van der Waals surface area contributed by atoms with E-state index in [1.807, 2.05) is 18.2 Å². The van der Waals surface area contributed by atoms with E-state index in [9.17, 15) is 4.79 Å². The maximum Gasteiger partial charge on any atom is 0.262 e. The number of hydrogen-bond donors (Lipinski definition) is 1. The molecular formula is C35H36FN5O6. The number of fused-ring (bicyclic) bond motifs is 1. The SMILES string of the molecule is COc1ccc(Nc2ncc(-c3ccc(Oc4ccnc5c(OC)c(OCCCN6CCOCC6)ccc45)c(F)c3)c(=O)n2C)cc1. The quantitative estimate of drug-likeness (QED) is 0.168. The van der Waals surface area contributed by atoms with Crippen molar-refractivity contribution in [2.45, 2.75) is 6.42 Å². The van der Waals surface area contributed by atoms with Crippen LogP contribution in [0.5, 0.6) is 28.7 Å². The average Bonchev–Trinajstić information content (AvgIpc) is 3.10. The van der Waals surface area contributed by atoms with Crippen molar-refractivity contribution < 1.29 is 28.1 Å². The van der Waals surface area contributed by atoms with Gasteiger partial charge in [-0.15, -0.1) is 0 Å². The zero-order valence-corrected chi connectivity index (χ0v) is 26.5. The number of halogens is 1. The summed E-state index contributed by atoms with van der Waals surface area (Å²) in [6.07, 6.45) is 3.86. The monoisotopic (exact) mass is 641 g/mol. The zero-order chi connectivity index (χ0) is 32.8. The van der Waals surface area contributed by atoms with Gasteiger partial charge in [0, 0.05) is 50.1 Å². The highest BCUT2D eigenvalue weighted by atomic mass is 19.1. The second-order valence-electron chi connectivity index (χ2n) is 10.9. The van der Waals surface area contributed by atoms with Gasteiger partial charge < -0.3 is 29.0 Å². The highest BCUT2D eigenvalue weighted by Crippen LogP contribution is 2.39. The summed E-state index contributed by atoms with van der Waals surface area (Å²) in [7, 11) is 4.75. The van der Waals surface area contributed by atoms with Crippen molar-refractivity contribution in [1.82, 2.24) is 19.4 Å². The summed E-state index contributed by atoms with van der Waals surface area (Å²) < 4.78 is 45.2. The van der Waals surface area contributed by atoms with Gasteiger partial charge in [-0.2, -0.15) is 0 Å². The standard InChI is InChI=1S/C35H36FN5O6/c1-40-34(42)27(22-38-35(40)39-24-6-8-25(43-2)9-7-24)23-5-11-30(28(36)21-23)47-29-13-14-37-32-26(29)10-12-31(33(32)44-3)46-18-4-15-41-16-19-45-20-17-41/h5-14,21-22H,4,15-20H2,1-3H3,(H,38,39). The molecular weight excluding hydrogens is 605 g/mol. The third-order valence-corrected chi connectivity index (χ3v) is 7.95. The van der Waals surface area contributed by atoms with Crippen molar-refractivity contribution in [3.63, 3.8) is 0 Å². The van der Waals surface area contributed by atoms with E-state index in [4.69, 9.17) is 23.7 Å². The number of methoxy groups -OCH3 is 2. The summed E-state index contributed by atoms with van der Waals surface area (Å²) in [6, 6.07) is 16.9. The van der Waals surface area contributed by atoms with Gasteiger partial charge in [0.1, 0.15) is 17.0 Å². The number of nitrogens with one attached hydrogen (secondary N) is 1. The normalized spacial score (nSPS) is 13.4. The van der Waals surface area contributed by atoms with Gasteiger partial charge in [-0.05, 0) is 66.6 Å². The first kappa shape index (κ1) is 31.8. The second kappa shape index (κ2) is 14.5. The van der Waals surface area contributed by atoms with Gasteiger partial charge in [0.05, 0.1) is 39.6 Å². The molecule has 0 radical (unpaired) electrons. The van der Waals surface area contributed by atoms with Gasteiger partial charge in [-0.25, -0.2) is 9.37 Å². The minimum Gasteiger partial charge on any atom is -0.497 e. The van der Waals surface area contributed by atoms with Crippen molar-refractivity contribution in [3.8, 4) is 39.9 Å². The first-order valence-electron chi connectivity index (χ1n) is 15.3. The van der Waals surface area contributed by atoms with Gasteiger partial charge in [0.25, 0.3) is 5.56 Å². The first-order valence-corrected chi connectivity index (χ1v) is 15.3. The van der Waals surface area contributed by atoms with E-state index in [1.54, 1.807) is 57.8 Å². The second-order valence-corrected chi connectivity index (χ2v) is 10.9. The summed E-state index contributed by atoms with van der Waals surface area (Å²) in [5.41, 5.74) is 1.55. The fraction of sp³-hybridized carbons (Fsp3) is 0.286. The molecule has 0 spiro atoms. The number of nitrogens with zero attached hydrogens (tertiary/aromatic N) is 4. The Morgan fingerprint density at radius 1 is 0.936 bits per heavy atom. The first-order chi connectivity index (χ1) is 22.9. The van der Waals surface area contributed by atoms with Crippen LogP contribution in [0, 0.1) is 5.82 Å². The molecule has 1 N–H and O–H groups in total. The van der Waals surface area contributed by atoms with Crippen LogP contribution in [0.3, 0.4) is 0 Å². The maximum absolute atomic E-state index is 15.5. The van der Waals surface area contributed by atoms with Crippen LogP contribution in [0.25, 0.3) is 22.0 Å². The smallest absolute Gasteiger partial charge is 0.262 e. The van der Waals surface area contributed by atoms with Crippen molar-refractivity contribution in [1.29, 1.82) is 0 Å². The molecule has 12 heteroatoms. The third kappa shape index (κ3) is 7.13. The van der Waals surface area contributed by atoms with E-state index < -0.39 is 5.82 Å². The lowest BCUT2D eigenvalue weighted by Crippen LogP contribution is -2.37. The van der Waals surface area contributed by atoms with Crippen LogP contribution in [0.1, 0.15) is 6.42 Å². The summed E-state index contributed by atoms with van der Waals surface area (Å²) in [5.74, 6) is 1.85. The van der Waals surface area contributed by atoms with Crippen LogP contribution in [0.4, 0.5) is 16.0 Å². The number of aromatic nitrogens is 3. The van der Waals surface area contributed by atoms with E-state index in [-0.39, 0.29) is 16.9 Å². The Bertz CT molecular complexity index is 1910. The maximum atomic E-state index is 15.5. The van der Waals surface area contributed by atoms with Gasteiger partial charge in [0.15, 0.2) is 23.1 Å². The molecule has 1 fully saturated rings. The Hall–Kier alpha value is -5.20. The number of pyridine rings is 1. The van der Waals surface area contributed by atoms with Crippen LogP contribution < -0.4 is 29.8 Å². The molecule has 3 aromatic carbocycles. The Morgan fingerprint density at radius 3 is 2.47 bits per heavy atom. The minimum atomic E-state index is -0.637. The van der Waals surface area contributed by atoms with Crippen LogP contribution in [-0.4, -0.2) is 73.1 Å². The molecule has 0 saturated carbocycles. The van der Waals surface area contributed by atoms with Gasteiger partial charge >= 0.3 is 0 Å². The molecule has 2 aromatic heterocycles. The lowest BCUT2D eigenvalue weighted by Gasteiger charge is -2.26.